The van der Waals surface area contributed by atoms with Crippen LogP contribution in [-0.4, -0.2) is 0 Å². The number of hydrogen-bond donors (Lipinski definition) is 0. The van der Waals surface area contributed by atoms with E-state index < -0.39 is 5.82 Å². The standard InChI is InChI=1S/C31H33F2N/c1-2-3-4-22-5-7-23(8-6-22)9-10-24-13-18-29-27(19-24)17-16-26(31(29)33)14-11-25-12-15-28(21-34)30(32)20-25/h2,12-13,15-20,22-23H,1,3-11,14H2. The van der Waals surface area contributed by atoms with Crippen molar-refractivity contribution in [2.24, 2.45) is 11.8 Å². The normalized spacial score (nSPS) is 18.0. The van der Waals surface area contributed by atoms with Gasteiger partial charge in [0.15, 0.2) is 0 Å². The van der Waals surface area contributed by atoms with Gasteiger partial charge in [-0.25, -0.2) is 8.78 Å². The number of nitrogens with zero attached hydrogens (tertiary/aromatic N) is 1. The summed E-state index contributed by atoms with van der Waals surface area (Å²) in [6.07, 6.45) is 13.1. The fraction of sp³-hybridized carbons (Fsp3) is 0.387. The van der Waals surface area contributed by atoms with Crippen LogP contribution in [0.15, 0.2) is 61.2 Å². The summed E-state index contributed by atoms with van der Waals surface area (Å²) in [5.41, 5.74) is 2.72. The average Bonchev–Trinajstić information content (AvgIpc) is 2.86. The molecule has 0 aliphatic heterocycles. The fourth-order valence-corrected chi connectivity index (χ4v) is 5.35. The molecule has 1 aliphatic carbocycles. The van der Waals surface area contributed by atoms with Gasteiger partial charge >= 0.3 is 0 Å². The van der Waals surface area contributed by atoms with Gasteiger partial charge in [0.25, 0.3) is 0 Å². The minimum Gasteiger partial charge on any atom is -0.206 e. The highest BCUT2D eigenvalue weighted by atomic mass is 19.1. The second-order valence-electron chi connectivity index (χ2n) is 9.81. The lowest BCUT2D eigenvalue weighted by molar-refractivity contribution is 0.254. The number of allylic oxidation sites excluding steroid dienone is 1. The molecule has 1 aliphatic rings. The highest BCUT2D eigenvalue weighted by molar-refractivity contribution is 5.84. The van der Waals surface area contributed by atoms with E-state index in [1.54, 1.807) is 6.07 Å². The molecule has 3 heteroatoms. The summed E-state index contributed by atoms with van der Waals surface area (Å²) < 4.78 is 29.0. The number of aryl methyl sites for hydroxylation is 3. The first kappa shape index (κ1) is 24.1. The average molecular weight is 458 g/mol. The van der Waals surface area contributed by atoms with E-state index in [0.717, 1.165) is 35.6 Å². The molecule has 176 valence electrons. The van der Waals surface area contributed by atoms with Crippen LogP contribution in [0, 0.1) is 34.8 Å². The number of hydrogen-bond acceptors (Lipinski definition) is 1. The minimum atomic E-state index is -0.521. The zero-order chi connectivity index (χ0) is 23.9. The SMILES string of the molecule is C=CCCC1CCC(CCc2ccc3c(F)c(CCc4ccc(C#N)c(F)c4)ccc3c2)CC1. The van der Waals surface area contributed by atoms with Gasteiger partial charge in [-0.1, -0.05) is 68.2 Å². The van der Waals surface area contributed by atoms with E-state index in [9.17, 15) is 4.39 Å². The predicted octanol–water partition coefficient (Wildman–Crippen LogP) is 8.48. The van der Waals surface area contributed by atoms with Crippen molar-refractivity contribution in [2.45, 2.75) is 64.2 Å². The van der Waals surface area contributed by atoms with Gasteiger partial charge in [0.2, 0.25) is 0 Å². The number of benzene rings is 3. The van der Waals surface area contributed by atoms with Gasteiger partial charge < -0.3 is 0 Å². The van der Waals surface area contributed by atoms with Gasteiger partial charge in [-0.05, 0) is 84.6 Å². The second-order valence-corrected chi connectivity index (χ2v) is 9.81. The summed E-state index contributed by atoms with van der Waals surface area (Å²) in [5.74, 6) is 0.980. The van der Waals surface area contributed by atoms with E-state index >= 15 is 4.39 Å². The topological polar surface area (TPSA) is 23.8 Å². The van der Waals surface area contributed by atoms with Crippen molar-refractivity contribution >= 4 is 10.8 Å². The first-order valence-electron chi connectivity index (χ1n) is 12.6. The zero-order valence-electron chi connectivity index (χ0n) is 19.8. The molecule has 0 atom stereocenters. The summed E-state index contributed by atoms with van der Waals surface area (Å²) in [5, 5.41) is 10.5. The molecule has 0 spiro atoms. The van der Waals surface area contributed by atoms with Gasteiger partial charge in [-0.2, -0.15) is 5.26 Å². The maximum absolute atomic E-state index is 15.2. The first-order chi connectivity index (χ1) is 16.6. The zero-order valence-corrected chi connectivity index (χ0v) is 19.8. The van der Waals surface area contributed by atoms with Crippen LogP contribution >= 0.6 is 0 Å². The summed E-state index contributed by atoms with van der Waals surface area (Å²) in [7, 11) is 0. The van der Waals surface area contributed by atoms with E-state index in [-0.39, 0.29) is 11.4 Å². The largest absolute Gasteiger partial charge is 0.206 e. The van der Waals surface area contributed by atoms with E-state index in [1.807, 2.05) is 30.3 Å². The predicted molar refractivity (Wildman–Crippen MR) is 136 cm³/mol. The first-order valence-corrected chi connectivity index (χ1v) is 12.6. The Kier molecular flexibility index (Phi) is 8.12. The third-order valence-electron chi connectivity index (χ3n) is 7.52. The molecule has 0 radical (unpaired) electrons. The lowest BCUT2D eigenvalue weighted by Gasteiger charge is -2.28. The molecule has 0 bridgehead atoms. The van der Waals surface area contributed by atoms with E-state index in [0.29, 0.717) is 23.8 Å². The van der Waals surface area contributed by atoms with Crippen LogP contribution < -0.4 is 0 Å². The second kappa shape index (κ2) is 11.4. The Bertz CT molecular complexity index is 1180. The molecule has 3 aromatic rings. The minimum absolute atomic E-state index is 0.0349. The molecule has 0 heterocycles. The number of halogens is 2. The Balaban J connectivity index is 1.35. The van der Waals surface area contributed by atoms with Crippen molar-refractivity contribution in [2.75, 3.05) is 0 Å². The molecule has 34 heavy (non-hydrogen) atoms. The maximum atomic E-state index is 15.2. The summed E-state index contributed by atoms with van der Waals surface area (Å²) >= 11 is 0. The third kappa shape index (κ3) is 5.92. The molecule has 1 fully saturated rings. The van der Waals surface area contributed by atoms with Gasteiger partial charge in [-0.3, -0.25) is 0 Å². The quantitative estimate of drug-likeness (QED) is 0.296. The molecular weight excluding hydrogens is 424 g/mol. The van der Waals surface area contributed by atoms with Crippen molar-refractivity contribution < 1.29 is 8.78 Å². The smallest absolute Gasteiger partial charge is 0.141 e. The van der Waals surface area contributed by atoms with E-state index in [1.165, 1.54) is 56.2 Å². The molecule has 0 amide bonds. The third-order valence-corrected chi connectivity index (χ3v) is 7.52. The summed E-state index contributed by atoms with van der Waals surface area (Å²) in [6.45, 7) is 3.84. The lowest BCUT2D eigenvalue weighted by atomic mass is 9.78. The molecule has 0 saturated heterocycles. The Morgan fingerprint density at radius 2 is 1.56 bits per heavy atom. The fourth-order valence-electron chi connectivity index (χ4n) is 5.35. The van der Waals surface area contributed by atoms with Gasteiger partial charge in [0.05, 0.1) is 5.56 Å². The molecule has 1 saturated carbocycles. The van der Waals surface area contributed by atoms with E-state index in [4.69, 9.17) is 5.26 Å². The monoisotopic (exact) mass is 457 g/mol. The summed E-state index contributed by atoms with van der Waals surface area (Å²) in [4.78, 5) is 0. The molecular formula is C31H33F2N. The lowest BCUT2D eigenvalue weighted by Crippen LogP contribution is -2.15. The molecule has 3 aromatic carbocycles. The Hall–Kier alpha value is -2.99. The van der Waals surface area contributed by atoms with Crippen LogP contribution in [0.25, 0.3) is 10.8 Å². The van der Waals surface area contributed by atoms with Crippen LogP contribution in [-0.2, 0) is 19.3 Å². The van der Waals surface area contributed by atoms with Gasteiger partial charge in [0.1, 0.15) is 17.7 Å². The van der Waals surface area contributed by atoms with Crippen molar-refractivity contribution in [1.29, 1.82) is 5.26 Å². The van der Waals surface area contributed by atoms with Crippen molar-refractivity contribution in [3.8, 4) is 6.07 Å². The molecule has 0 N–H and O–H groups in total. The molecule has 0 aromatic heterocycles. The Morgan fingerprint density at radius 1 is 0.853 bits per heavy atom. The number of fused-ring (bicyclic) bond motifs is 1. The number of nitriles is 1. The molecule has 1 nitrogen and oxygen atoms in total. The highest BCUT2D eigenvalue weighted by Gasteiger charge is 2.20. The van der Waals surface area contributed by atoms with Crippen molar-refractivity contribution in [1.82, 2.24) is 0 Å². The maximum Gasteiger partial charge on any atom is 0.141 e. The van der Waals surface area contributed by atoms with E-state index in [2.05, 4.69) is 18.7 Å². The van der Waals surface area contributed by atoms with Crippen LogP contribution in [0.2, 0.25) is 0 Å². The van der Waals surface area contributed by atoms with Crippen molar-refractivity contribution in [3.63, 3.8) is 0 Å². The van der Waals surface area contributed by atoms with Crippen molar-refractivity contribution in [3.05, 3.63) is 95.1 Å². The van der Waals surface area contributed by atoms with Gasteiger partial charge in [-0.15, -0.1) is 6.58 Å². The summed E-state index contributed by atoms with van der Waals surface area (Å²) in [6, 6.07) is 16.4. The Labute approximate surface area is 202 Å². The van der Waals surface area contributed by atoms with Crippen LogP contribution in [0.5, 0.6) is 0 Å². The van der Waals surface area contributed by atoms with Gasteiger partial charge in [0, 0.05) is 5.39 Å². The van der Waals surface area contributed by atoms with Crippen LogP contribution in [0.3, 0.4) is 0 Å². The number of rotatable bonds is 9. The van der Waals surface area contributed by atoms with Crippen LogP contribution in [0.4, 0.5) is 8.78 Å². The highest BCUT2D eigenvalue weighted by Crippen LogP contribution is 2.34. The molecule has 0 unspecified atom stereocenters. The van der Waals surface area contributed by atoms with Crippen LogP contribution in [0.1, 0.15) is 67.2 Å². The molecule has 4 rings (SSSR count). The Morgan fingerprint density at radius 3 is 2.26 bits per heavy atom.